The van der Waals surface area contributed by atoms with Crippen molar-refractivity contribution in [2.75, 3.05) is 19.5 Å². The first-order valence-corrected chi connectivity index (χ1v) is 10.8. The van der Waals surface area contributed by atoms with Gasteiger partial charge in [-0.15, -0.1) is 0 Å². The molecule has 0 atom stereocenters. The van der Waals surface area contributed by atoms with Crippen molar-refractivity contribution in [1.29, 1.82) is 0 Å². The van der Waals surface area contributed by atoms with Crippen LogP contribution in [0.2, 0.25) is 18.1 Å². The largest absolute Gasteiger partial charge is 0.416 e. The highest BCUT2D eigenvalue weighted by Gasteiger charge is 2.49. The van der Waals surface area contributed by atoms with Crippen LogP contribution >= 0.6 is 0 Å². The van der Waals surface area contributed by atoms with E-state index in [4.69, 9.17) is 4.43 Å². The van der Waals surface area contributed by atoms with Crippen LogP contribution in [-0.4, -0.2) is 36.2 Å². The molecule has 0 aromatic carbocycles. The van der Waals surface area contributed by atoms with E-state index in [1.807, 2.05) is 0 Å². The molecule has 0 aromatic heterocycles. The van der Waals surface area contributed by atoms with Crippen molar-refractivity contribution in [3.05, 3.63) is 0 Å². The molecule has 108 valence electrons. The molecule has 0 unspecified atom stereocenters. The first-order valence-electron chi connectivity index (χ1n) is 6.35. The molecule has 0 bridgehead atoms. The van der Waals surface area contributed by atoms with Crippen molar-refractivity contribution in [3.8, 4) is 0 Å². The molecule has 1 rings (SSSR count). The summed E-state index contributed by atoms with van der Waals surface area (Å²) in [6.45, 7) is 11.5. The van der Waals surface area contributed by atoms with E-state index in [9.17, 15) is 8.42 Å². The van der Waals surface area contributed by atoms with Crippen LogP contribution in [-0.2, 0) is 18.7 Å². The van der Waals surface area contributed by atoms with Crippen LogP contribution in [0.5, 0.6) is 0 Å². The zero-order valence-electron chi connectivity index (χ0n) is 12.4. The lowest BCUT2D eigenvalue weighted by molar-refractivity contribution is 0.224. The van der Waals surface area contributed by atoms with Gasteiger partial charge in [0.2, 0.25) is 0 Å². The molecule has 1 aliphatic carbocycles. The second-order valence-corrected chi connectivity index (χ2v) is 13.5. The third-order valence-corrected chi connectivity index (χ3v) is 10.2. The summed E-state index contributed by atoms with van der Waals surface area (Å²) >= 11 is 0. The summed E-state index contributed by atoms with van der Waals surface area (Å²) in [5.74, 6) is 0.0884. The maximum Gasteiger partial charge on any atom is 0.267 e. The average molecular weight is 294 g/mol. The maximum absolute atomic E-state index is 11.5. The molecule has 0 spiro atoms. The van der Waals surface area contributed by atoms with E-state index >= 15 is 0 Å². The summed E-state index contributed by atoms with van der Waals surface area (Å²) in [5.41, 5.74) is -0.190. The van der Waals surface area contributed by atoms with Gasteiger partial charge in [0, 0.05) is 12.0 Å². The third kappa shape index (κ3) is 4.04. The molecule has 0 N–H and O–H groups in total. The van der Waals surface area contributed by atoms with E-state index in [-0.39, 0.29) is 16.2 Å². The van der Waals surface area contributed by atoms with Crippen LogP contribution in [0.4, 0.5) is 0 Å². The minimum absolute atomic E-state index is 0.0884. The lowest BCUT2D eigenvalue weighted by Gasteiger charge is -2.37. The molecule has 1 fully saturated rings. The first kappa shape index (κ1) is 16.1. The van der Waals surface area contributed by atoms with Gasteiger partial charge in [0.1, 0.15) is 0 Å². The van der Waals surface area contributed by atoms with Gasteiger partial charge in [0.05, 0.1) is 12.9 Å². The van der Waals surface area contributed by atoms with Crippen LogP contribution in [0.3, 0.4) is 0 Å². The zero-order chi connectivity index (χ0) is 14.2. The summed E-state index contributed by atoms with van der Waals surface area (Å²) in [5, 5.41) is 0.156. The molecule has 1 aliphatic rings. The van der Waals surface area contributed by atoms with Gasteiger partial charge in [-0.05, 0) is 31.0 Å². The molecule has 0 aliphatic heterocycles. The van der Waals surface area contributed by atoms with Crippen molar-refractivity contribution < 1.29 is 17.0 Å². The smallest absolute Gasteiger partial charge is 0.267 e. The Morgan fingerprint density at radius 3 is 2.06 bits per heavy atom. The summed E-state index contributed by atoms with van der Waals surface area (Å²) in [6.07, 6.45) is 1.84. The Labute approximate surface area is 112 Å². The number of rotatable bonds is 6. The Balaban J connectivity index is 2.59. The van der Waals surface area contributed by atoms with Crippen LogP contribution in [0.15, 0.2) is 0 Å². The van der Waals surface area contributed by atoms with Crippen molar-refractivity contribution in [3.63, 3.8) is 0 Å². The second kappa shape index (κ2) is 4.88. The van der Waals surface area contributed by atoms with Crippen LogP contribution < -0.4 is 0 Å². The van der Waals surface area contributed by atoms with Gasteiger partial charge in [0.15, 0.2) is 8.32 Å². The van der Waals surface area contributed by atoms with E-state index in [0.29, 0.717) is 6.61 Å². The molecule has 0 saturated heterocycles. The summed E-state index contributed by atoms with van der Waals surface area (Å²) < 4.78 is 33.7. The van der Waals surface area contributed by atoms with Gasteiger partial charge in [-0.1, -0.05) is 20.8 Å². The SMILES string of the molecule is COS(=O)(=O)CC1(CO[Si](C)(C)C(C)(C)C)CC1. The van der Waals surface area contributed by atoms with E-state index in [1.165, 1.54) is 7.11 Å². The fourth-order valence-electron chi connectivity index (χ4n) is 1.49. The lowest BCUT2D eigenvalue weighted by Crippen LogP contribution is -2.42. The Morgan fingerprint density at radius 2 is 1.72 bits per heavy atom. The zero-order valence-corrected chi connectivity index (χ0v) is 14.2. The molecule has 18 heavy (non-hydrogen) atoms. The van der Waals surface area contributed by atoms with Crippen molar-refractivity contribution in [2.45, 2.75) is 51.7 Å². The monoisotopic (exact) mass is 294 g/mol. The van der Waals surface area contributed by atoms with E-state index < -0.39 is 18.4 Å². The van der Waals surface area contributed by atoms with Gasteiger partial charge in [-0.2, -0.15) is 8.42 Å². The van der Waals surface area contributed by atoms with Gasteiger partial charge >= 0.3 is 0 Å². The van der Waals surface area contributed by atoms with E-state index in [1.54, 1.807) is 0 Å². The summed E-state index contributed by atoms with van der Waals surface area (Å²) in [4.78, 5) is 0. The standard InChI is InChI=1S/C12H26O4SSi/c1-11(2,3)18(5,6)16-9-12(7-8-12)10-17(13,14)15-4/h7-10H2,1-6H3. The third-order valence-electron chi connectivity index (χ3n) is 4.24. The summed E-state index contributed by atoms with van der Waals surface area (Å²) in [7, 11) is -3.96. The molecular weight excluding hydrogens is 268 g/mol. The first-order chi connectivity index (χ1) is 7.93. The molecule has 6 heteroatoms. The molecular formula is C12H26O4SSi. The molecule has 0 radical (unpaired) electrons. The van der Waals surface area contributed by atoms with Crippen LogP contribution in [0.25, 0.3) is 0 Å². The van der Waals surface area contributed by atoms with Gasteiger partial charge < -0.3 is 4.43 Å². The highest BCUT2D eigenvalue weighted by molar-refractivity contribution is 7.86. The number of hydrogen-bond donors (Lipinski definition) is 0. The van der Waals surface area contributed by atoms with Crippen molar-refractivity contribution >= 4 is 18.4 Å². The van der Waals surface area contributed by atoms with Gasteiger partial charge in [-0.3, -0.25) is 4.18 Å². The van der Waals surface area contributed by atoms with Crippen LogP contribution in [0, 0.1) is 5.41 Å². The predicted octanol–water partition coefficient (Wildman–Crippen LogP) is 2.76. The quantitative estimate of drug-likeness (QED) is 0.558. The minimum atomic E-state index is -3.38. The topological polar surface area (TPSA) is 52.6 Å². The minimum Gasteiger partial charge on any atom is -0.416 e. The highest BCUT2D eigenvalue weighted by Crippen LogP contribution is 2.49. The second-order valence-electron chi connectivity index (χ2n) is 6.92. The molecule has 4 nitrogen and oxygen atoms in total. The average Bonchev–Trinajstić information content (AvgIpc) is 2.93. The fraction of sp³-hybridized carbons (Fsp3) is 1.00. The van der Waals surface area contributed by atoms with Crippen LogP contribution in [0.1, 0.15) is 33.6 Å². The van der Waals surface area contributed by atoms with Gasteiger partial charge in [0.25, 0.3) is 10.1 Å². The Hall–Kier alpha value is 0.0869. The van der Waals surface area contributed by atoms with Crippen molar-refractivity contribution in [1.82, 2.24) is 0 Å². The Kier molecular flexibility index (Phi) is 4.38. The Morgan fingerprint density at radius 1 is 1.22 bits per heavy atom. The number of hydrogen-bond acceptors (Lipinski definition) is 4. The van der Waals surface area contributed by atoms with E-state index in [0.717, 1.165) is 12.8 Å². The fourth-order valence-corrected chi connectivity index (χ4v) is 3.83. The highest BCUT2D eigenvalue weighted by atomic mass is 32.2. The normalized spacial score (nSPS) is 19.9. The maximum atomic E-state index is 11.5. The van der Waals surface area contributed by atoms with Crippen molar-refractivity contribution in [2.24, 2.45) is 5.41 Å². The van der Waals surface area contributed by atoms with Gasteiger partial charge in [-0.25, -0.2) is 0 Å². The molecule has 1 saturated carbocycles. The lowest BCUT2D eigenvalue weighted by atomic mass is 10.2. The predicted molar refractivity (Wildman–Crippen MR) is 75.6 cm³/mol. The Bertz CT molecular complexity index is 391. The molecule has 0 heterocycles. The molecule has 0 aromatic rings. The molecule has 0 amide bonds. The van der Waals surface area contributed by atoms with E-state index in [2.05, 4.69) is 38.0 Å². The summed E-state index contributed by atoms with van der Waals surface area (Å²) in [6, 6.07) is 0.